The van der Waals surface area contributed by atoms with Crippen LogP contribution in [0.2, 0.25) is 5.02 Å². The molecule has 0 saturated carbocycles. The van der Waals surface area contributed by atoms with E-state index >= 15 is 0 Å². The van der Waals surface area contributed by atoms with Crippen LogP contribution in [0.1, 0.15) is 10.4 Å². The summed E-state index contributed by atoms with van der Waals surface area (Å²) >= 11 is 9.71. The Morgan fingerprint density at radius 1 is 1.62 bits per heavy atom. The molecule has 70 valence electrons. The highest BCUT2D eigenvalue weighted by Crippen LogP contribution is 2.25. The van der Waals surface area contributed by atoms with Crippen LogP contribution in [0.15, 0.2) is 18.2 Å². The number of methoxy groups -OCH3 is 1. The smallest absolute Gasteiger partial charge is 0.172 e. The van der Waals surface area contributed by atoms with Crippen LogP contribution in [-0.4, -0.2) is 18.6 Å². The van der Waals surface area contributed by atoms with E-state index in [0.717, 1.165) is 0 Å². The number of carbonyl (C=O) groups is 1. The van der Waals surface area contributed by atoms with E-state index in [4.69, 9.17) is 16.3 Å². The Balaban J connectivity index is 3.02. The zero-order chi connectivity index (χ0) is 9.84. The Morgan fingerprint density at radius 2 is 2.31 bits per heavy atom. The lowest BCUT2D eigenvalue weighted by Crippen LogP contribution is -2.00. The Morgan fingerprint density at radius 3 is 2.77 bits per heavy atom. The van der Waals surface area contributed by atoms with Crippen molar-refractivity contribution in [1.82, 2.24) is 0 Å². The van der Waals surface area contributed by atoms with E-state index in [1.165, 1.54) is 7.11 Å². The van der Waals surface area contributed by atoms with Gasteiger partial charge in [-0.1, -0.05) is 11.6 Å². The van der Waals surface area contributed by atoms with Gasteiger partial charge in [-0.2, -0.15) is 12.6 Å². The molecule has 0 N–H and O–H groups in total. The molecule has 0 aromatic heterocycles. The van der Waals surface area contributed by atoms with Crippen molar-refractivity contribution in [2.45, 2.75) is 0 Å². The second-order valence-electron chi connectivity index (χ2n) is 2.43. The number of halogens is 1. The molecule has 1 aromatic rings. The van der Waals surface area contributed by atoms with Gasteiger partial charge in [-0.05, 0) is 18.2 Å². The summed E-state index contributed by atoms with van der Waals surface area (Å²) in [6.45, 7) is 0. The molecular formula is C9H9ClO2S. The van der Waals surface area contributed by atoms with Crippen molar-refractivity contribution >= 4 is 30.0 Å². The van der Waals surface area contributed by atoms with Crippen LogP contribution in [0, 0.1) is 0 Å². The molecule has 1 rings (SSSR count). The van der Waals surface area contributed by atoms with Crippen molar-refractivity contribution in [2.75, 3.05) is 12.9 Å². The number of ketones is 1. The zero-order valence-corrected chi connectivity index (χ0v) is 8.73. The molecule has 0 bridgehead atoms. The molecule has 0 unspecified atom stereocenters. The highest BCUT2D eigenvalue weighted by Gasteiger charge is 2.06. The van der Waals surface area contributed by atoms with Gasteiger partial charge in [0.1, 0.15) is 5.75 Å². The first-order valence-corrected chi connectivity index (χ1v) is 4.67. The molecule has 0 spiro atoms. The van der Waals surface area contributed by atoms with Crippen molar-refractivity contribution in [1.29, 1.82) is 0 Å². The number of carbonyl (C=O) groups excluding carboxylic acids is 1. The summed E-state index contributed by atoms with van der Waals surface area (Å²) in [6, 6.07) is 4.92. The van der Waals surface area contributed by atoms with Crippen LogP contribution in [0.5, 0.6) is 5.75 Å². The summed E-state index contributed by atoms with van der Waals surface area (Å²) in [4.78, 5) is 11.2. The third-order valence-corrected chi connectivity index (χ3v) is 2.20. The molecule has 13 heavy (non-hydrogen) atoms. The van der Waals surface area contributed by atoms with Gasteiger partial charge < -0.3 is 4.74 Å². The first-order valence-electron chi connectivity index (χ1n) is 3.66. The van der Waals surface area contributed by atoms with E-state index in [1.807, 2.05) is 0 Å². The van der Waals surface area contributed by atoms with E-state index in [2.05, 4.69) is 12.6 Å². The summed E-state index contributed by atoms with van der Waals surface area (Å²) in [7, 11) is 1.53. The predicted octanol–water partition coefficient (Wildman–Crippen LogP) is 2.46. The standard InChI is InChI=1S/C9H9ClO2S/c1-12-9-3-2-6(4-7(9)10)8(11)5-13/h2-4,13H,5H2,1H3. The van der Waals surface area contributed by atoms with Crippen LogP contribution < -0.4 is 4.74 Å². The van der Waals surface area contributed by atoms with Gasteiger partial charge in [0, 0.05) is 5.56 Å². The fourth-order valence-corrected chi connectivity index (χ4v) is 1.37. The molecule has 1 aromatic carbocycles. The Kier molecular flexibility index (Phi) is 3.63. The van der Waals surface area contributed by atoms with Gasteiger partial charge in [0.05, 0.1) is 17.9 Å². The van der Waals surface area contributed by atoms with E-state index in [1.54, 1.807) is 18.2 Å². The Hall–Kier alpha value is -0.670. The van der Waals surface area contributed by atoms with Gasteiger partial charge in [0.2, 0.25) is 0 Å². The van der Waals surface area contributed by atoms with Gasteiger partial charge in [0.25, 0.3) is 0 Å². The maximum atomic E-state index is 11.2. The maximum absolute atomic E-state index is 11.2. The van der Waals surface area contributed by atoms with Crippen LogP contribution in [0.4, 0.5) is 0 Å². The molecule has 4 heteroatoms. The molecule has 0 aliphatic rings. The van der Waals surface area contributed by atoms with E-state index < -0.39 is 0 Å². The topological polar surface area (TPSA) is 26.3 Å². The minimum Gasteiger partial charge on any atom is -0.495 e. The molecule has 0 heterocycles. The summed E-state index contributed by atoms with van der Waals surface area (Å²) in [5, 5.41) is 0.440. The predicted molar refractivity (Wildman–Crippen MR) is 56.2 cm³/mol. The summed E-state index contributed by atoms with van der Waals surface area (Å²) in [5.41, 5.74) is 0.556. The Labute approximate surface area is 87.3 Å². The number of ether oxygens (including phenoxy) is 1. The number of Topliss-reactive ketones (excluding diaryl/α,β-unsaturated/α-hetero) is 1. The number of thiol groups is 1. The third-order valence-electron chi connectivity index (χ3n) is 1.62. The largest absolute Gasteiger partial charge is 0.495 e. The number of hydrogen-bond acceptors (Lipinski definition) is 3. The van der Waals surface area contributed by atoms with Gasteiger partial charge in [0.15, 0.2) is 5.78 Å². The van der Waals surface area contributed by atoms with Crippen LogP contribution in [0.3, 0.4) is 0 Å². The lowest BCUT2D eigenvalue weighted by atomic mass is 10.1. The minimum absolute atomic E-state index is 0.0483. The number of benzene rings is 1. The average Bonchev–Trinajstić information content (AvgIpc) is 2.16. The SMILES string of the molecule is COc1ccc(C(=O)CS)cc1Cl. The molecule has 0 saturated heterocycles. The van der Waals surface area contributed by atoms with E-state index in [0.29, 0.717) is 16.3 Å². The van der Waals surface area contributed by atoms with Crippen molar-refractivity contribution in [3.63, 3.8) is 0 Å². The Bertz CT molecular complexity index is 325. The fourth-order valence-electron chi connectivity index (χ4n) is 0.931. The second kappa shape index (κ2) is 4.53. The number of rotatable bonds is 3. The van der Waals surface area contributed by atoms with Crippen molar-refractivity contribution in [3.8, 4) is 5.75 Å². The first kappa shape index (κ1) is 10.4. The molecule has 0 atom stereocenters. The summed E-state index contributed by atoms with van der Waals surface area (Å²) in [6.07, 6.45) is 0. The zero-order valence-electron chi connectivity index (χ0n) is 7.08. The van der Waals surface area contributed by atoms with Gasteiger partial charge >= 0.3 is 0 Å². The van der Waals surface area contributed by atoms with Crippen LogP contribution in [-0.2, 0) is 0 Å². The highest BCUT2D eigenvalue weighted by molar-refractivity contribution is 7.81. The monoisotopic (exact) mass is 216 g/mol. The summed E-state index contributed by atoms with van der Waals surface area (Å²) < 4.78 is 4.95. The first-order chi connectivity index (χ1) is 6.19. The molecule has 0 fully saturated rings. The molecular weight excluding hydrogens is 208 g/mol. The van der Waals surface area contributed by atoms with Crippen molar-refractivity contribution in [2.24, 2.45) is 0 Å². The third kappa shape index (κ3) is 2.39. The average molecular weight is 217 g/mol. The molecule has 0 radical (unpaired) electrons. The highest BCUT2D eigenvalue weighted by atomic mass is 35.5. The summed E-state index contributed by atoms with van der Waals surface area (Å²) in [5.74, 6) is 0.702. The minimum atomic E-state index is -0.0483. The van der Waals surface area contributed by atoms with Gasteiger partial charge in [-0.25, -0.2) is 0 Å². The quantitative estimate of drug-likeness (QED) is 0.621. The normalized spacial score (nSPS) is 9.77. The van der Waals surface area contributed by atoms with Crippen LogP contribution in [0.25, 0.3) is 0 Å². The molecule has 0 aliphatic carbocycles. The molecule has 0 aliphatic heterocycles. The maximum Gasteiger partial charge on any atom is 0.172 e. The van der Waals surface area contributed by atoms with Crippen molar-refractivity contribution < 1.29 is 9.53 Å². The molecule has 0 amide bonds. The lowest BCUT2D eigenvalue weighted by molar-refractivity contribution is 0.102. The van der Waals surface area contributed by atoms with Gasteiger partial charge in [-0.3, -0.25) is 4.79 Å². The molecule has 2 nitrogen and oxygen atoms in total. The second-order valence-corrected chi connectivity index (χ2v) is 3.15. The fraction of sp³-hybridized carbons (Fsp3) is 0.222. The van der Waals surface area contributed by atoms with E-state index in [-0.39, 0.29) is 11.5 Å². The van der Waals surface area contributed by atoms with Gasteiger partial charge in [-0.15, -0.1) is 0 Å². The van der Waals surface area contributed by atoms with Crippen LogP contribution >= 0.6 is 24.2 Å². The lowest BCUT2D eigenvalue weighted by Gasteiger charge is -2.03. The number of hydrogen-bond donors (Lipinski definition) is 1. The van der Waals surface area contributed by atoms with E-state index in [9.17, 15) is 4.79 Å². The van der Waals surface area contributed by atoms with Crippen molar-refractivity contribution in [3.05, 3.63) is 28.8 Å².